The Bertz CT molecular complexity index is 259. The average molecular weight is 217 g/mol. The smallest absolute Gasteiger partial charge is 0.150 e. The Hall–Kier alpha value is 0.390. The maximum Gasteiger partial charge on any atom is 0.150 e. The molecule has 0 aromatic rings. The van der Waals surface area contributed by atoms with Crippen molar-refractivity contribution < 1.29 is 12.6 Å². The van der Waals surface area contributed by atoms with Crippen molar-refractivity contribution in [2.24, 2.45) is 5.92 Å². The topological polar surface area (TPSA) is 51.2 Å². The zero-order chi connectivity index (χ0) is 8.48. The van der Waals surface area contributed by atoms with Crippen molar-refractivity contribution in [2.75, 3.05) is 17.3 Å². The first-order valence-corrected chi connectivity index (χ1v) is 7.21. The summed E-state index contributed by atoms with van der Waals surface area (Å²) >= 11 is 0. The van der Waals surface area contributed by atoms with Crippen molar-refractivity contribution in [2.45, 2.75) is 6.42 Å². The molecule has 1 fully saturated rings. The van der Waals surface area contributed by atoms with E-state index in [1.165, 1.54) is 0 Å². The maximum absolute atomic E-state index is 10.9. The van der Waals surface area contributed by atoms with Gasteiger partial charge in [-0.1, -0.05) is 0 Å². The summed E-state index contributed by atoms with van der Waals surface area (Å²) < 4.78 is 32.3. The number of hydrogen-bond acceptors (Lipinski definition) is 3. The molecule has 3 nitrogen and oxygen atoms in total. The SMILES string of the molecule is O=S(Cl)CC1CCS(=O)(=O)C1. The fourth-order valence-corrected chi connectivity index (χ4v) is 4.39. The molecular weight excluding hydrogens is 208 g/mol. The minimum absolute atomic E-state index is 0.0123. The molecule has 1 aliphatic rings. The Balaban J connectivity index is 2.49. The van der Waals surface area contributed by atoms with Crippen molar-refractivity contribution in [1.29, 1.82) is 0 Å². The molecule has 0 radical (unpaired) electrons. The maximum atomic E-state index is 10.9. The molecule has 0 saturated carbocycles. The third kappa shape index (κ3) is 3.09. The minimum Gasteiger partial charge on any atom is -0.243 e. The monoisotopic (exact) mass is 216 g/mol. The van der Waals surface area contributed by atoms with E-state index in [4.69, 9.17) is 10.7 Å². The Morgan fingerprint density at radius 1 is 1.55 bits per heavy atom. The molecule has 66 valence electrons. The second-order valence-corrected chi connectivity index (χ2v) is 6.90. The van der Waals surface area contributed by atoms with Gasteiger partial charge < -0.3 is 0 Å². The number of rotatable bonds is 2. The van der Waals surface area contributed by atoms with Gasteiger partial charge in [0.2, 0.25) is 0 Å². The van der Waals surface area contributed by atoms with E-state index in [1.807, 2.05) is 0 Å². The molecule has 1 rings (SSSR count). The first-order chi connectivity index (χ1) is 4.99. The van der Waals surface area contributed by atoms with Gasteiger partial charge in [-0.2, -0.15) is 0 Å². The molecule has 1 heterocycles. The standard InChI is InChI=1S/C5H9ClO3S2/c6-10(7)3-5-1-2-11(8,9)4-5/h5H,1-4H2. The van der Waals surface area contributed by atoms with Crippen molar-refractivity contribution in [3.05, 3.63) is 0 Å². The van der Waals surface area contributed by atoms with E-state index in [9.17, 15) is 12.6 Å². The normalized spacial score (nSPS) is 31.9. The second kappa shape index (κ2) is 3.41. The summed E-state index contributed by atoms with van der Waals surface area (Å²) in [5, 5.41) is 0. The first kappa shape index (κ1) is 9.48. The molecule has 0 N–H and O–H groups in total. The van der Waals surface area contributed by atoms with Crippen LogP contribution in [0.3, 0.4) is 0 Å². The molecular formula is C5H9ClO3S2. The average Bonchev–Trinajstić information content (AvgIpc) is 2.08. The lowest BCUT2D eigenvalue weighted by Crippen LogP contribution is -2.10. The molecule has 0 aromatic heterocycles. The summed E-state index contributed by atoms with van der Waals surface area (Å²) in [5.41, 5.74) is 0. The van der Waals surface area contributed by atoms with E-state index < -0.39 is 19.9 Å². The number of halogens is 1. The van der Waals surface area contributed by atoms with Crippen LogP contribution in [0.4, 0.5) is 0 Å². The lowest BCUT2D eigenvalue weighted by molar-refractivity contribution is 0.599. The molecule has 6 heteroatoms. The first-order valence-electron chi connectivity index (χ1n) is 3.25. The van der Waals surface area contributed by atoms with Gasteiger partial charge in [-0.05, 0) is 23.0 Å². The molecule has 0 spiro atoms. The van der Waals surface area contributed by atoms with Gasteiger partial charge in [-0.3, -0.25) is 0 Å². The summed E-state index contributed by atoms with van der Waals surface area (Å²) in [5.74, 6) is 0.705. The molecule has 1 aliphatic heterocycles. The molecule has 0 aromatic carbocycles. The van der Waals surface area contributed by atoms with Crippen LogP contribution in [0, 0.1) is 5.92 Å². The van der Waals surface area contributed by atoms with Gasteiger partial charge in [0.05, 0.1) is 11.5 Å². The zero-order valence-corrected chi connectivity index (χ0v) is 8.21. The van der Waals surface area contributed by atoms with E-state index >= 15 is 0 Å². The lowest BCUT2D eigenvalue weighted by Gasteiger charge is -2.00. The predicted molar refractivity (Wildman–Crippen MR) is 45.6 cm³/mol. The molecule has 1 saturated heterocycles. The largest absolute Gasteiger partial charge is 0.243 e. The van der Waals surface area contributed by atoms with E-state index in [-0.39, 0.29) is 17.4 Å². The minimum atomic E-state index is -2.83. The van der Waals surface area contributed by atoms with E-state index in [0.717, 1.165) is 0 Å². The number of sulfone groups is 1. The summed E-state index contributed by atoms with van der Waals surface area (Å²) in [6, 6.07) is 0. The second-order valence-electron chi connectivity index (χ2n) is 2.73. The summed E-state index contributed by atoms with van der Waals surface area (Å²) in [7, 11) is 1.01. The third-order valence-corrected chi connectivity index (χ3v) is 4.64. The summed E-state index contributed by atoms with van der Waals surface area (Å²) in [4.78, 5) is 0. The van der Waals surface area contributed by atoms with Crippen molar-refractivity contribution in [3.63, 3.8) is 0 Å². The Morgan fingerprint density at radius 2 is 2.18 bits per heavy atom. The van der Waals surface area contributed by atoms with Crippen LogP contribution >= 0.6 is 10.7 Å². The lowest BCUT2D eigenvalue weighted by atomic mass is 10.2. The van der Waals surface area contributed by atoms with Crippen LogP contribution < -0.4 is 0 Å². The van der Waals surface area contributed by atoms with E-state index in [0.29, 0.717) is 12.2 Å². The summed E-state index contributed by atoms with van der Waals surface area (Å²) in [6.07, 6.45) is 0.612. The Morgan fingerprint density at radius 3 is 2.55 bits per heavy atom. The summed E-state index contributed by atoms with van der Waals surface area (Å²) in [6.45, 7) is 0. The molecule has 0 aliphatic carbocycles. The van der Waals surface area contributed by atoms with Gasteiger partial charge in [0.15, 0.2) is 9.84 Å². The van der Waals surface area contributed by atoms with Gasteiger partial charge in [-0.15, -0.1) is 0 Å². The highest BCUT2D eigenvalue weighted by Gasteiger charge is 2.28. The van der Waals surface area contributed by atoms with Crippen LogP contribution in [-0.2, 0) is 19.9 Å². The molecule has 0 bridgehead atoms. The van der Waals surface area contributed by atoms with Crippen LogP contribution in [0.15, 0.2) is 0 Å². The molecule has 11 heavy (non-hydrogen) atoms. The van der Waals surface area contributed by atoms with E-state index in [2.05, 4.69) is 0 Å². The number of hydrogen-bond donors (Lipinski definition) is 0. The Labute approximate surface area is 73.0 Å². The van der Waals surface area contributed by atoms with Crippen molar-refractivity contribution >= 4 is 30.5 Å². The van der Waals surface area contributed by atoms with Gasteiger partial charge >= 0.3 is 0 Å². The van der Waals surface area contributed by atoms with Crippen LogP contribution in [0.1, 0.15) is 6.42 Å². The molecule has 0 amide bonds. The highest BCUT2D eigenvalue weighted by atomic mass is 35.7. The van der Waals surface area contributed by atoms with Gasteiger partial charge in [0.1, 0.15) is 10.0 Å². The van der Waals surface area contributed by atoms with Crippen molar-refractivity contribution in [3.8, 4) is 0 Å². The van der Waals surface area contributed by atoms with Gasteiger partial charge in [0.25, 0.3) is 0 Å². The van der Waals surface area contributed by atoms with Crippen LogP contribution in [0.5, 0.6) is 0 Å². The third-order valence-electron chi connectivity index (χ3n) is 1.69. The van der Waals surface area contributed by atoms with Crippen molar-refractivity contribution in [1.82, 2.24) is 0 Å². The predicted octanol–water partition coefficient (Wildman–Crippen LogP) is 0.324. The van der Waals surface area contributed by atoms with Gasteiger partial charge in [-0.25, -0.2) is 12.6 Å². The van der Waals surface area contributed by atoms with E-state index in [1.54, 1.807) is 0 Å². The van der Waals surface area contributed by atoms with Crippen LogP contribution in [0.2, 0.25) is 0 Å². The van der Waals surface area contributed by atoms with Gasteiger partial charge in [0, 0.05) is 5.75 Å². The quantitative estimate of drug-likeness (QED) is 0.625. The zero-order valence-electron chi connectivity index (χ0n) is 5.82. The molecule has 2 atom stereocenters. The molecule has 2 unspecified atom stereocenters. The fourth-order valence-electron chi connectivity index (χ4n) is 1.19. The fraction of sp³-hybridized carbons (Fsp3) is 1.00. The Kier molecular flexibility index (Phi) is 2.94. The highest BCUT2D eigenvalue weighted by Crippen LogP contribution is 2.19. The van der Waals surface area contributed by atoms with Crippen LogP contribution in [0.25, 0.3) is 0 Å². The highest BCUT2D eigenvalue weighted by molar-refractivity contribution is 8.08. The van der Waals surface area contributed by atoms with Crippen LogP contribution in [-0.4, -0.2) is 29.9 Å².